The van der Waals surface area contributed by atoms with E-state index in [2.05, 4.69) is 309 Å². The number of aromatic nitrogens is 6. The molecule has 13 aromatic carbocycles. The summed E-state index contributed by atoms with van der Waals surface area (Å²) in [5, 5.41) is 14.9. The van der Waals surface area contributed by atoms with Crippen molar-refractivity contribution in [3.8, 4) is 39.3 Å². The number of nitrogens with zero attached hydrogens (tertiary/aromatic N) is 6. The molecule has 19 rings (SSSR count). The van der Waals surface area contributed by atoms with Gasteiger partial charge in [0.15, 0.2) is 0 Å². The zero-order valence-corrected chi connectivity index (χ0v) is 48.4. The quantitative estimate of drug-likeness (QED) is 0.160. The average Bonchev–Trinajstić information content (AvgIpc) is 1.67. The van der Waals surface area contributed by atoms with Crippen molar-refractivity contribution in [1.82, 2.24) is 28.2 Å². The monoisotopic (exact) mass is 1130 g/mol. The lowest BCUT2D eigenvalue weighted by Crippen LogP contribution is -2.00. The number of hydrogen-bond acceptors (Lipinski definition) is 2. The fourth-order valence-corrected chi connectivity index (χ4v) is 14.3. The van der Waals surface area contributed by atoms with Gasteiger partial charge in [0.05, 0.1) is 44.1 Å². The molecule has 6 heteroatoms. The maximum atomic E-state index is 4.72. The van der Waals surface area contributed by atoms with E-state index in [4.69, 9.17) is 9.97 Å². The number of fused-ring (bicyclic) bond motifs is 15. The number of benzene rings is 13. The first kappa shape index (κ1) is 50.5. The molecule has 0 saturated heterocycles. The summed E-state index contributed by atoms with van der Waals surface area (Å²) >= 11 is 0. The second kappa shape index (κ2) is 20.4. The van der Waals surface area contributed by atoms with Crippen LogP contribution in [0.2, 0.25) is 0 Å². The summed E-state index contributed by atoms with van der Waals surface area (Å²) in [6.45, 7) is 0.786. The van der Waals surface area contributed by atoms with Crippen LogP contribution in [0.4, 0.5) is 0 Å². The van der Waals surface area contributed by atoms with Gasteiger partial charge in [-0.05, 0) is 143 Å². The van der Waals surface area contributed by atoms with E-state index in [0.717, 1.165) is 56.3 Å². The van der Waals surface area contributed by atoms with Crippen molar-refractivity contribution >= 4 is 120 Å². The van der Waals surface area contributed by atoms with Gasteiger partial charge in [-0.1, -0.05) is 188 Å². The van der Waals surface area contributed by atoms with Crippen LogP contribution >= 0.6 is 0 Å². The molecule has 0 aliphatic rings. The van der Waals surface area contributed by atoms with Gasteiger partial charge in [-0.25, -0.2) is 0 Å². The molecule has 19 aromatic rings. The molecule has 0 unspecified atom stereocenters. The van der Waals surface area contributed by atoms with Gasteiger partial charge in [-0.3, -0.25) is 9.97 Å². The minimum absolute atomic E-state index is 0.786. The Kier molecular flexibility index (Phi) is 11.6. The third kappa shape index (κ3) is 8.18. The molecule has 6 aromatic heterocycles. The molecule has 0 amide bonds. The molecule has 416 valence electrons. The van der Waals surface area contributed by atoms with E-state index in [1.54, 1.807) is 0 Å². The Morgan fingerprint density at radius 1 is 0.236 bits per heavy atom. The lowest BCUT2D eigenvalue weighted by atomic mass is 9.98. The van der Waals surface area contributed by atoms with Gasteiger partial charge in [0.25, 0.3) is 0 Å². The Bertz CT molecular complexity index is 5610. The summed E-state index contributed by atoms with van der Waals surface area (Å²) in [4.78, 5) is 9.45. The van der Waals surface area contributed by atoms with Crippen molar-refractivity contribution in [3.05, 3.63) is 321 Å². The summed E-state index contributed by atoms with van der Waals surface area (Å²) in [6, 6.07) is 110. The highest BCUT2D eigenvalue weighted by atomic mass is 15.0. The Morgan fingerprint density at radius 3 is 1.13 bits per heavy atom. The summed E-state index contributed by atoms with van der Waals surface area (Å²) in [7, 11) is 0. The molecule has 6 heterocycles. The Hall–Kier alpha value is -11.9. The minimum atomic E-state index is 0.786. The van der Waals surface area contributed by atoms with Crippen molar-refractivity contribution in [2.45, 2.75) is 6.54 Å². The average molecular weight is 1140 g/mol. The number of hydrogen-bond donors (Lipinski definition) is 0. The van der Waals surface area contributed by atoms with E-state index in [0.29, 0.717) is 0 Å². The van der Waals surface area contributed by atoms with E-state index < -0.39 is 0 Å². The normalized spacial score (nSPS) is 11.9. The molecule has 0 bridgehead atoms. The predicted molar refractivity (Wildman–Crippen MR) is 373 cm³/mol. The van der Waals surface area contributed by atoms with E-state index in [1.807, 2.05) is 24.5 Å². The fourth-order valence-electron chi connectivity index (χ4n) is 14.3. The van der Waals surface area contributed by atoms with Crippen molar-refractivity contribution in [3.63, 3.8) is 0 Å². The van der Waals surface area contributed by atoms with E-state index in [9.17, 15) is 0 Å². The zero-order valence-electron chi connectivity index (χ0n) is 48.4. The Balaban J connectivity index is 0.000000137. The van der Waals surface area contributed by atoms with Crippen LogP contribution in [-0.2, 0) is 6.54 Å². The number of pyridine rings is 2. The van der Waals surface area contributed by atoms with Crippen LogP contribution in [0.1, 0.15) is 5.56 Å². The molecule has 0 atom stereocenters. The maximum Gasteiger partial charge on any atom is 0.0780 e. The molecular weight excluding hydrogens is 1080 g/mol. The first-order valence-corrected chi connectivity index (χ1v) is 30.5. The molecule has 6 nitrogen and oxygen atoms in total. The van der Waals surface area contributed by atoms with Crippen LogP contribution in [0.25, 0.3) is 159 Å². The largest absolute Gasteiger partial charge is 0.336 e. The van der Waals surface area contributed by atoms with Gasteiger partial charge in [-0.2, -0.15) is 0 Å². The van der Waals surface area contributed by atoms with Crippen LogP contribution in [0, 0.1) is 0 Å². The van der Waals surface area contributed by atoms with Gasteiger partial charge in [-0.15, -0.1) is 0 Å². The summed E-state index contributed by atoms with van der Waals surface area (Å²) in [6.07, 6.45) is 3.74. The van der Waals surface area contributed by atoms with E-state index in [1.165, 1.54) is 115 Å². The first-order chi connectivity index (χ1) is 44.1. The lowest BCUT2D eigenvalue weighted by molar-refractivity contribution is 0.870. The van der Waals surface area contributed by atoms with Crippen molar-refractivity contribution in [2.24, 2.45) is 0 Å². The van der Waals surface area contributed by atoms with Gasteiger partial charge >= 0.3 is 0 Å². The third-order valence-corrected chi connectivity index (χ3v) is 18.3. The van der Waals surface area contributed by atoms with Crippen LogP contribution in [0.5, 0.6) is 0 Å². The third-order valence-electron chi connectivity index (χ3n) is 18.3. The van der Waals surface area contributed by atoms with Gasteiger partial charge in [0, 0.05) is 112 Å². The lowest BCUT2D eigenvalue weighted by Gasteiger charge is -2.11. The van der Waals surface area contributed by atoms with Crippen LogP contribution in [-0.4, -0.2) is 28.2 Å². The molecule has 0 aliphatic carbocycles. The molecule has 89 heavy (non-hydrogen) atoms. The highest BCUT2D eigenvalue weighted by Crippen LogP contribution is 2.42. The molecule has 0 aliphatic heterocycles. The van der Waals surface area contributed by atoms with Crippen LogP contribution in [0.15, 0.2) is 316 Å². The SMILES string of the molecule is c1ccc(-n2c3ccc(-c4cccc5cccnc45)cc3c3cc(-c4cccc5cccnc45)ccc32)cc1.c1ccc2cc(Cn3c4ccc(-n5c6ccccc6c6ccccc65)cc4c4cc(-n5c6ccccc6c6ccccc65)ccc43)ccc2c1. The molecule has 0 fully saturated rings. The van der Waals surface area contributed by atoms with E-state index in [-0.39, 0.29) is 0 Å². The Labute approximate surface area is 512 Å². The highest BCUT2D eigenvalue weighted by molar-refractivity contribution is 6.15. The standard InChI is InChI=1S/C47H31N3.C36H23N3/c1-2-12-33-27-31(21-22-32(33)11-1)30-48-42-25-23-34(49-44-17-7-3-13-36(44)37-14-4-8-18-45(37)49)28-40(42)41-29-35(24-26-43(41)48)50-46-19-9-5-15-38(46)39-16-6-10-20-47(39)50;1-2-12-28(13-3-1)39-33-18-16-26(29-14-4-8-24-10-6-20-37-35(24)29)22-31(33)32-23-27(17-19-34(32)39)30-15-5-9-25-11-7-21-38-36(25)30/h1-29H,30H2;1-23H. The predicted octanol–water partition coefficient (Wildman–Crippen LogP) is 21.4. The van der Waals surface area contributed by atoms with Crippen LogP contribution < -0.4 is 0 Å². The van der Waals surface area contributed by atoms with Crippen molar-refractivity contribution in [2.75, 3.05) is 0 Å². The van der Waals surface area contributed by atoms with Crippen molar-refractivity contribution in [1.29, 1.82) is 0 Å². The highest BCUT2D eigenvalue weighted by Gasteiger charge is 2.20. The second-order valence-corrected chi connectivity index (χ2v) is 23.3. The van der Waals surface area contributed by atoms with Gasteiger partial charge in [0.1, 0.15) is 0 Å². The Morgan fingerprint density at radius 2 is 0.629 bits per heavy atom. The molecular formula is C83H54N6. The van der Waals surface area contributed by atoms with E-state index >= 15 is 0 Å². The summed E-state index contributed by atoms with van der Waals surface area (Å²) < 4.78 is 9.71. The second-order valence-electron chi connectivity index (χ2n) is 23.3. The number of rotatable bonds is 7. The first-order valence-electron chi connectivity index (χ1n) is 30.5. The van der Waals surface area contributed by atoms with Crippen molar-refractivity contribution < 1.29 is 0 Å². The summed E-state index contributed by atoms with van der Waals surface area (Å²) in [5.74, 6) is 0. The zero-order chi connectivity index (χ0) is 58.5. The molecule has 0 saturated carbocycles. The fraction of sp³-hybridized carbons (Fsp3) is 0.0120. The molecule has 0 N–H and O–H groups in total. The topological polar surface area (TPSA) is 45.5 Å². The minimum Gasteiger partial charge on any atom is -0.336 e. The maximum absolute atomic E-state index is 4.72. The molecule has 0 radical (unpaired) electrons. The van der Waals surface area contributed by atoms with Gasteiger partial charge < -0.3 is 18.3 Å². The smallest absolute Gasteiger partial charge is 0.0780 e. The molecule has 0 spiro atoms. The summed E-state index contributed by atoms with van der Waals surface area (Å²) in [5.41, 5.74) is 21.2. The van der Waals surface area contributed by atoms with Gasteiger partial charge in [0.2, 0.25) is 0 Å². The number of para-hydroxylation sites is 7. The van der Waals surface area contributed by atoms with Crippen LogP contribution in [0.3, 0.4) is 0 Å².